The molecule has 0 saturated carbocycles. The number of pyridine rings is 1. The number of aromatic amines is 2. The van der Waals surface area contributed by atoms with Crippen molar-refractivity contribution in [2.75, 3.05) is 7.05 Å². The van der Waals surface area contributed by atoms with Crippen molar-refractivity contribution in [1.82, 2.24) is 19.9 Å². The van der Waals surface area contributed by atoms with Gasteiger partial charge in [-0.3, -0.25) is 19.6 Å². The molecule has 2 aromatic carbocycles. The standard InChI is InChI=1S/C22H18N4O3/c1-26(13-14-7-9-16(10-8-14)15-5-3-2-4-6-15)21(28)17-11-18-19(23-12-17)24-22(29)25-20(18)27/h2-12H,13H2,1H3,(H2,23,24,25,27,29). The van der Waals surface area contributed by atoms with Crippen LogP contribution in [0.5, 0.6) is 0 Å². The van der Waals surface area contributed by atoms with Gasteiger partial charge in [-0.15, -0.1) is 0 Å². The highest BCUT2D eigenvalue weighted by Gasteiger charge is 2.15. The van der Waals surface area contributed by atoms with Crippen LogP contribution in [0.2, 0.25) is 0 Å². The third-order valence-electron chi connectivity index (χ3n) is 4.67. The van der Waals surface area contributed by atoms with Gasteiger partial charge in [0.15, 0.2) is 0 Å². The minimum absolute atomic E-state index is 0.148. The monoisotopic (exact) mass is 386 g/mol. The summed E-state index contributed by atoms with van der Waals surface area (Å²) in [4.78, 5) is 46.2. The minimum Gasteiger partial charge on any atom is -0.337 e. The lowest BCUT2D eigenvalue weighted by molar-refractivity contribution is 0.0785. The second-order valence-electron chi connectivity index (χ2n) is 6.75. The Morgan fingerprint density at radius 2 is 1.66 bits per heavy atom. The molecule has 0 radical (unpaired) electrons. The molecule has 2 aromatic heterocycles. The molecule has 29 heavy (non-hydrogen) atoms. The first-order valence-electron chi connectivity index (χ1n) is 9.03. The summed E-state index contributed by atoms with van der Waals surface area (Å²) in [6.45, 7) is 0.411. The summed E-state index contributed by atoms with van der Waals surface area (Å²) in [6, 6.07) is 19.5. The van der Waals surface area contributed by atoms with Crippen LogP contribution >= 0.6 is 0 Å². The van der Waals surface area contributed by atoms with E-state index < -0.39 is 11.2 Å². The molecule has 0 aliphatic heterocycles. The summed E-state index contributed by atoms with van der Waals surface area (Å²) >= 11 is 0. The lowest BCUT2D eigenvalue weighted by atomic mass is 10.0. The highest BCUT2D eigenvalue weighted by atomic mass is 16.2. The first kappa shape index (κ1) is 18.4. The maximum absolute atomic E-state index is 12.8. The zero-order valence-corrected chi connectivity index (χ0v) is 15.7. The summed E-state index contributed by atoms with van der Waals surface area (Å²) in [5, 5.41) is 0.163. The molecule has 0 bridgehead atoms. The van der Waals surface area contributed by atoms with E-state index >= 15 is 0 Å². The quantitative estimate of drug-likeness (QED) is 0.563. The van der Waals surface area contributed by atoms with Crippen molar-refractivity contribution in [1.29, 1.82) is 0 Å². The summed E-state index contributed by atoms with van der Waals surface area (Å²) in [7, 11) is 1.69. The predicted molar refractivity (Wildman–Crippen MR) is 111 cm³/mol. The molecule has 0 spiro atoms. The van der Waals surface area contributed by atoms with Crippen LogP contribution in [-0.4, -0.2) is 32.8 Å². The number of rotatable bonds is 4. The molecule has 0 aliphatic rings. The molecule has 0 fully saturated rings. The number of nitrogens with zero attached hydrogens (tertiary/aromatic N) is 2. The molecule has 7 heteroatoms. The van der Waals surface area contributed by atoms with E-state index in [9.17, 15) is 14.4 Å². The fourth-order valence-electron chi connectivity index (χ4n) is 3.16. The van der Waals surface area contributed by atoms with Gasteiger partial charge in [0.2, 0.25) is 0 Å². The molecule has 0 unspecified atom stereocenters. The van der Waals surface area contributed by atoms with Crippen LogP contribution in [0.15, 0.2) is 76.4 Å². The van der Waals surface area contributed by atoms with Crippen molar-refractivity contribution in [3.8, 4) is 11.1 Å². The van der Waals surface area contributed by atoms with Crippen molar-refractivity contribution in [2.24, 2.45) is 0 Å². The summed E-state index contributed by atoms with van der Waals surface area (Å²) in [6.07, 6.45) is 1.36. The van der Waals surface area contributed by atoms with E-state index in [0.29, 0.717) is 6.54 Å². The number of nitrogens with one attached hydrogen (secondary N) is 2. The van der Waals surface area contributed by atoms with Crippen LogP contribution in [-0.2, 0) is 6.54 Å². The number of H-pyrrole nitrogens is 2. The molecule has 4 rings (SSSR count). The Morgan fingerprint density at radius 1 is 0.966 bits per heavy atom. The third-order valence-corrected chi connectivity index (χ3v) is 4.67. The Morgan fingerprint density at radius 3 is 2.38 bits per heavy atom. The van der Waals surface area contributed by atoms with Crippen LogP contribution in [0, 0.1) is 0 Å². The van der Waals surface area contributed by atoms with Crippen molar-refractivity contribution in [2.45, 2.75) is 6.54 Å². The number of carbonyl (C=O) groups is 1. The number of aromatic nitrogens is 3. The van der Waals surface area contributed by atoms with Crippen molar-refractivity contribution in [3.63, 3.8) is 0 Å². The van der Waals surface area contributed by atoms with E-state index in [1.807, 2.05) is 54.6 Å². The lowest BCUT2D eigenvalue weighted by Crippen LogP contribution is -2.27. The molecule has 2 heterocycles. The molecule has 0 atom stereocenters. The van der Waals surface area contributed by atoms with Crippen LogP contribution < -0.4 is 11.2 Å². The number of amides is 1. The van der Waals surface area contributed by atoms with Crippen molar-refractivity contribution in [3.05, 3.63) is 98.8 Å². The average Bonchev–Trinajstić information content (AvgIpc) is 2.74. The van der Waals surface area contributed by atoms with Gasteiger partial charge in [-0.1, -0.05) is 54.6 Å². The number of carbonyl (C=O) groups excluding carboxylic acids is 1. The van der Waals surface area contributed by atoms with Crippen molar-refractivity contribution < 1.29 is 4.79 Å². The zero-order chi connectivity index (χ0) is 20.4. The molecular weight excluding hydrogens is 368 g/mol. The fourth-order valence-corrected chi connectivity index (χ4v) is 3.16. The highest BCUT2D eigenvalue weighted by molar-refractivity contribution is 5.96. The minimum atomic E-state index is -0.634. The summed E-state index contributed by atoms with van der Waals surface area (Å²) in [5.74, 6) is -0.267. The topological polar surface area (TPSA) is 98.9 Å². The number of hydrogen-bond donors (Lipinski definition) is 2. The van der Waals surface area contributed by atoms with Crippen LogP contribution in [0.25, 0.3) is 22.2 Å². The highest BCUT2D eigenvalue weighted by Crippen LogP contribution is 2.20. The molecule has 4 aromatic rings. The van der Waals surface area contributed by atoms with Gasteiger partial charge in [0.05, 0.1) is 10.9 Å². The van der Waals surface area contributed by atoms with Gasteiger partial charge in [0.1, 0.15) is 5.65 Å². The molecule has 0 saturated heterocycles. The Balaban J connectivity index is 1.53. The van der Waals surface area contributed by atoms with Crippen molar-refractivity contribution >= 4 is 16.9 Å². The van der Waals surface area contributed by atoms with Crippen LogP contribution in [0.1, 0.15) is 15.9 Å². The molecular formula is C22H18N4O3. The Bertz CT molecular complexity index is 1290. The van der Waals surface area contributed by atoms with E-state index in [1.54, 1.807) is 11.9 Å². The lowest BCUT2D eigenvalue weighted by Gasteiger charge is -2.17. The van der Waals surface area contributed by atoms with Gasteiger partial charge in [0, 0.05) is 19.8 Å². The van der Waals surface area contributed by atoms with Crippen LogP contribution in [0.4, 0.5) is 0 Å². The van der Waals surface area contributed by atoms with Gasteiger partial charge >= 0.3 is 5.69 Å². The number of benzene rings is 2. The molecule has 2 N–H and O–H groups in total. The first-order chi connectivity index (χ1) is 14.0. The molecule has 144 valence electrons. The second kappa shape index (κ2) is 7.55. The fraction of sp³-hybridized carbons (Fsp3) is 0.0909. The zero-order valence-electron chi connectivity index (χ0n) is 15.7. The number of fused-ring (bicyclic) bond motifs is 1. The maximum Gasteiger partial charge on any atom is 0.327 e. The smallest absolute Gasteiger partial charge is 0.327 e. The van der Waals surface area contributed by atoms with E-state index in [1.165, 1.54) is 12.3 Å². The molecule has 0 aliphatic carbocycles. The Hall–Kier alpha value is -4.00. The first-order valence-corrected chi connectivity index (χ1v) is 9.03. The third kappa shape index (κ3) is 3.84. The Kier molecular flexibility index (Phi) is 4.78. The van der Waals surface area contributed by atoms with E-state index in [4.69, 9.17) is 0 Å². The SMILES string of the molecule is CN(Cc1ccc(-c2ccccc2)cc1)C(=O)c1cnc2[nH]c(=O)[nH]c(=O)c2c1. The van der Waals surface area contributed by atoms with Gasteiger partial charge in [-0.25, -0.2) is 9.78 Å². The second-order valence-corrected chi connectivity index (χ2v) is 6.75. The van der Waals surface area contributed by atoms with E-state index in [-0.39, 0.29) is 22.5 Å². The molecule has 7 nitrogen and oxygen atoms in total. The average molecular weight is 386 g/mol. The van der Waals surface area contributed by atoms with E-state index in [0.717, 1.165) is 16.7 Å². The largest absolute Gasteiger partial charge is 0.337 e. The number of hydrogen-bond acceptors (Lipinski definition) is 4. The predicted octanol–water partition coefficient (Wildman–Crippen LogP) is 2.55. The van der Waals surface area contributed by atoms with Gasteiger partial charge < -0.3 is 4.90 Å². The van der Waals surface area contributed by atoms with E-state index in [2.05, 4.69) is 15.0 Å². The Labute approximate surface area is 165 Å². The van der Waals surface area contributed by atoms with Gasteiger partial charge in [-0.2, -0.15) is 0 Å². The van der Waals surface area contributed by atoms with Gasteiger partial charge in [-0.05, 0) is 22.8 Å². The summed E-state index contributed by atoms with van der Waals surface area (Å²) in [5.41, 5.74) is 2.43. The maximum atomic E-state index is 12.8. The summed E-state index contributed by atoms with van der Waals surface area (Å²) < 4.78 is 0. The molecule has 1 amide bonds. The normalized spacial score (nSPS) is 10.8. The van der Waals surface area contributed by atoms with Crippen LogP contribution in [0.3, 0.4) is 0 Å². The van der Waals surface area contributed by atoms with Gasteiger partial charge in [0.25, 0.3) is 11.5 Å².